The van der Waals surface area contributed by atoms with Crippen LogP contribution in [-0.2, 0) is 11.3 Å². The van der Waals surface area contributed by atoms with Gasteiger partial charge in [0.25, 0.3) is 0 Å². The van der Waals surface area contributed by atoms with Gasteiger partial charge in [-0.3, -0.25) is 0 Å². The Morgan fingerprint density at radius 3 is 2.90 bits per heavy atom. The number of piperazine rings is 1. The second-order valence-electron chi connectivity index (χ2n) is 5.47. The molecule has 5 heteroatoms. The van der Waals surface area contributed by atoms with Crippen molar-refractivity contribution in [2.75, 3.05) is 51.8 Å². The average molecular weight is 278 g/mol. The fourth-order valence-corrected chi connectivity index (χ4v) is 2.37. The lowest BCUT2D eigenvalue weighted by Gasteiger charge is -2.38. The molecule has 0 spiro atoms. The van der Waals surface area contributed by atoms with Gasteiger partial charge in [-0.15, -0.1) is 0 Å². The van der Waals surface area contributed by atoms with Gasteiger partial charge in [0.2, 0.25) is 0 Å². The number of anilines is 1. The molecule has 1 atom stereocenters. The molecule has 0 saturated carbocycles. The summed E-state index contributed by atoms with van der Waals surface area (Å²) >= 11 is 0. The SMILES string of the molecule is COCCNCc1ccc(N2CCN(C)C(C)C2)nc1. The predicted molar refractivity (Wildman–Crippen MR) is 82.1 cm³/mol. The summed E-state index contributed by atoms with van der Waals surface area (Å²) in [6.45, 7) is 7.92. The second-order valence-corrected chi connectivity index (χ2v) is 5.47. The monoisotopic (exact) mass is 278 g/mol. The van der Waals surface area contributed by atoms with Gasteiger partial charge < -0.3 is 19.9 Å². The highest BCUT2D eigenvalue weighted by Gasteiger charge is 2.21. The maximum atomic E-state index is 5.01. The van der Waals surface area contributed by atoms with Crippen LogP contribution in [0.15, 0.2) is 18.3 Å². The zero-order valence-electron chi connectivity index (χ0n) is 12.8. The minimum absolute atomic E-state index is 0.584. The minimum Gasteiger partial charge on any atom is -0.383 e. The number of aromatic nitrogens is 1. The highest BCUT2D eigenvalue weighted by atomic mass is 16.5. The third-order valence-corrected chi connectivity index (χ3v) is 3.90. The fourth-order valence-electron chi connectivity index (χ4n) is 2.37. The number of nitrogens with one attached hydrogen (secondary N) is 1. The molecular formula is C15H26N4O. The van der Waals surface area contributed by atoms with Crippen LogP contribution in [0, 0.1) is 0 Å². The zero-order chi connectivity index (χ0) is 14.4. The molecule has 1 N–H and O–H groups in total. The van der Waals surface area contributed by atoms with E-state index in [0.717, 1.165) is 45.1 Å². The van der Waals surface area contributed by atoms with E-state index >= 15 is 0 Å². The third kappa shape index (κ3) is 4.16. The summed E-state index contributed by atoms with van der Waals surface area (Å²) in [4.78, 5) is 9.36. The molecule has 0 radical (unpaired) electrons. The maximum absolute atomic E-state index is 5.01. The number of pyridine rings is 1. The first kappa shape index (κ1) is 15.2. The van der Waals surface area contributed by atoms with Gasteiger partial charge >= 0.3 is 0 Å². The van der Waals surface area contributed by atoms with Crippen LogP contribution in [-0.4, -0.2) is 62.9 Å². The van der Waals surface area contributed by atoms with E-state index in [2.05, 4.69) is 46.2 Å². The standard InChI is InChI=1S/C15H26N4O/c1-13-12-19(8-7-18(13)2)15-5-4-14(11-17-15)10-16-6-9-20-3/h4-5,11,13,16H,6-10,12H2,1-3H3. The van der Waals surface area contributed by atoms with Crippen molar-refractivity contribution in [3.8, 4) is 0 Å². The molecule has 5 nitrogen and oxygen atoms in total. The first-order valence-electron chi connectivity index (χ1n) is 7.30. The van der Waals surface area contributed by atoms with Gasteiger partial charge in [-0.2, -0.15) is 0 Å². The quantitative estimate of drug-likeness (QED) is 0.785. The van der Waals surface area contributed by atoms with Gasteiger partial charge in [0, 0.05) is 52.1 Å². The van der Waals surface area contributed by atoms with Crippen LogP contribution >= 0.6 is 0 Å². The van der Waals surface area contributed by atoms with E-state index in [1.807, 2.05) is 6.20 Å². The van der Waals surface area contributed by atoms with Crippen LogP contribution in [0.4, 0.5) is 5.82 Å². The molecule has 0 aliphatic carbocycles. The van der Waals surface area contributed by atoms with Crippen molar-refractivity contribution in [2.24, 2.45) is 0 Å². The van der Waals surface area contributed by atoms with E-state index in [4.69, 9.17) is 4.74 Å². The molecule has 0 bridgehead atoms. The minimum atomic E-state index is 0.584. The van der Waals surface area contributed by atoms with Crippen molar-refractivity contribution in [3.05, 3.63) is 23.9 Å². The molecular weight excluding hydrogens is 252 g/mol. The van der Waals surface area contributed by atoms with Crippen molar-refractivity contribution in [1.82, 2.24) is 15.2 Å². The number of ether oxygens (including phenoxy) is 1. The lowest BCUT2D eigenvalue weighted by atomic mass is 10.2. The van der Waals surface area contributed by atoms with Gasteiger partial charge in [-0.05, 0) is 25.6 Å². The summed E-state index contributed by atoms with van der Waals surface area (Å²) in [5.74, 6) is 1.09. The van der Waals surface area contributed by atoms with Gasteiger partial charge in [-0.1, -0.05) is 6.07 Å². The Morgan fingerprint density at radius 2 is 2.25 bits per heavy atom. The molecule has 1 aromatic heterocycles. The van der Waals surface area contributed by atoms with E-state index in [9.17, 15) is 0 Å². The lowest BCUT2D eigenvalue weighted by Crippen LogP contribution is -2.50. The second kappa shape index (κ2) is 7.57. The molecule has 20 heavy (non-hydrogen) atoms. The summed E-state index contributed by atoms with van der Waals surface area (Å²) in [7, 11) is 3.90. The van der Waals surface area contributed by atoms with E-state index < -0.39 is 0 Å². The third-order valence-electron chi connectivity index (χ3n) is 3.90. The van der Waals surface area contributed by atoms with Crippen molar-refractivity contribution < 1.29 is 4.74 Å². The average Bonchev–Trinajstić information content (AvgIpc) is 2.47. The molecule has 112 valence electrons. The smallest absolute Gasteiger partial charge is 0.128 e. The number of likely N-dealkylation sites (N-methyl/N-ethyl adjacent to an activating group) is 1. The van der Waals surface area contributed by atoms with Crippen LogP contribution in [0.3, 0.4) is 0 Å². The van der Waals surface area contributed by atoms with Crippen LogP contribution in [0.25, 0.3) is 0 Å². The molecule has 1 aliphatic heterocycles. The van der Waals surface area contributed by atoms with Crippen LogP contribution in [0.1, 0.15) is 12.5 Å². The number of hydrogen-bond acceptors (Lipinski definition) is 5. The first-order chi connectivity index (χ1) is 9.70. The molecule has 1 aliphatic rings. The Labute approximate surface area is 121 Å². The van der Waals surface area contributed by atoms with Gasteiger partial charge in [-0.25, -0.2) is 4.98 Å². The molecule has 1 saturated heterocycles. The summed E-state index contributed by atoms with van der Waals surface area (Å²) in [5.41, 5.74) is 1.21. The Morgan fingerprint density at radius 1 is 1.40 bits per heavy atom. The predicted octanol–water partition coefficient (Wildman–Crippen LogP) is 0.958. The highest BCUT2D eigenvalue weighted by Crippen LogP contribution is 2.16. The number of nitrogens with zero attached hydrogens (tertiary/aromatic N) is 3. The van der Waals surface area contributed by atoms with Crippen LogP contribution in [0.5, 0.6) is 0 Å². The van der Waals surface area contributed by atoms with Crippen molar-refractivity contribution in [3.63, 3.8) is 0 Å². The number of rotatable bonds is 6. The molecule has 1 aromatic rings. The van der Waals surface area contributed by atoms with Crippen molar-refractivity contribution >= 4 is 5.82 Å². The Balaban J connectivity index is 1.85. The molecule has 0 aromatic carbocycles. The Kier molecular flexibility index (Phi) is 5.76. The van der Waals surface area contributed by atoms with Gasteiger partial charge in [0.1, 0.15) is 5.82 Å². The van der Waals surface area contributed by atoms with E-state index in [1.54, 1.807) is 7.11 Å². The van der Waals surface area contributed by atoms with E-state index in [0.29, 0.717) is 6.04 Å². The summed E-state index contributed by atoms with van der Waals surface area (Å²) in [5, 5.41) is 3.33. The Hall–Kier alpha value is -1.17. The van der Waals surface area contributed by atoms with Gasteiger partial charge in [0.15, 0.2) is 0 Å². The first-order valence-corrected chi connectivity index (χ1v) is 7.30. The normalized spacial score (nSPS) is 20.4. The largest absolute Gasteiger partial charge is 0.383 e. The molecule has 1 fully saturated rings. The van der Waals surface area contributed by atoms with Crippen molar-refractivity contribution in [1.29, 1.82) is 0 Å². The maximum Gasteiger partial charge on any atom is 0.128 e. The van der Waals surface area contributed by atoms with Gasteiger partial charge in [0.05, 0.1) is 6.61 Å². The molecule has 1 unspecified atom stereocenters. The Bertz CT molecular complexity index is 395. The topological polar surface area (TPSA) is 40.6 Å². The van der Waals surface area contributed by atoms with Crippen LogP contribution in [0.2, 0.25) is 0 Å². The van der Waals surface area contributed by atoms with E-state index in [1.165, 1.54) is 5.56 Å². The fraction of sp³-hybridized carbons (Fsp3) is 0.667. The van der Waals surface area contributed by atoms with Crippen molar-refractivity contribution in [2.45, 2.75) is 19.5 Å². The summed E-state index contributed by atoms with van der Waals surface area (Å²) < 4.78 is 5.01. The number of hydrogen-bond donors (Lipinski definition) is 1. The highest BCUT2D eigenvalue weighted by molar-refractivity contribution is 5.40. The number of methoxy groups -OCH3 is 1. The zero-order valence-corrected chi connectivity index (χ0v) is 12.8. The summed E-state index contributed by atoms with van der Waals surface area (Å²) in [6.07, 6.45) is 1.97. The molecule has 2 heterocycles. The van der Waals surface area contributed by atoms with E-state index in [-0.39, 0.29) is 0 Å². The summed E-state index contributed by atoms with van der Waals surface area (Å²) in [6, 6.07) is 4.87. The van der Waals surface area contributed by atoms with Crippen LogP contribution < -0.4 is 10.2 Å². The molecule has 2 rings (SSSR count). The molecule has 0 amide bonds. The lowest BCUT2D eigenvalue weighted by molar-refractivity contribution is 0.199.